The Hall–Kier alpha value is -4.32. The number of primary amides is 1. The van der Waals surface area contributed by atoms with Gasteiger partial charge >= 0.3 is 6.03 Å². The number of nitrogens with one attached hydrogen (secondary N) is 2. The molecule has 4 N–H and O–H groups in total. The van der Waals surface area contributed by atoms with Gasteiger partial charge in [0.1, 0.15) is 16.9 Å². The fourth-order valence-corrected chi connectivity index (χ4v) is 4.87. The molecule has 0 bridgehead atoms. The third-order valence-corrected chi connectivity index (χ3v) is 6.39. The number of hydrazone groups is 1. The average Bonchev–Trinajstić information content (AvgIpc) is 3.24. The highest BCUT2D eigenvalue weighted by Crippen LogP contribution is 2.40. The van der Waals surface area contributed by atoms with Crippen LogP contribution in [0.5, 0.6) is 5.75 Å². The molecule has 2 aromatic heterocycles. The smallest absolute Gasteiger partial charge is 0.332 e. The second kappa shape index (κ2) is 8.56. The Labute approximate surface area is 193 Å². The molecule has 34 heavy (non-hydrogen) atoms. The van der Waals surface area contributed by atoms with Crippen LogP contribution in [0, 0.1) is 6.92 Å². The highest BCUT2D eigenvalue weighted by molar-refractivity contribution is 7.93. The van der Waals surface area contributed by atoms with Crippen molar-refractivity contribution >= 4 is 49.4 Å². The molecule has 176 valence electrons. The van der Waals surface area contributed by atoms with Gasteiger partial charge in [0.05, 0.1) is 24.5 Å². The Balaban J connectivity index is 1.83. The molecule has 2 amide bonds. The highest BCUT2D eigenvalue weighted by atomic mass is 32.2. The van der Waals surface area contributed by atoms with Crippen molar-refractivity contribution in [3.8, 4) is 5.75 Å². The van der Waals surface area contributed by atoms with Gasteiger partial charge in [-0.25, -0.2) is 18.6 Å². The third kappa shape index (κ3) is 4.06. The first kappa shape index (κ1) is 22.9. The molecule has 0 aliphatic rings. The van der Waals surface area contributed by atoms with Crippen LogP contribution in [0.25, 0.3) is 21.9 Å². The number of nitrogens with two attached hydrogens (primary N) is 1. The average molecular weight is 484 g/mol. The zero-order chi connectivity index (χ0) is 24.6. The molecule has 0 saturated heterocycles. The highest BCUT2D eigenvalue weighted by Gasteiger charge is 2.30. The third-order valence-electron chi connectivity index (χ3n) is 4.98. The minimum atomic E-state index is -4.29. The van der Waals surface area contributed by atoms with E-state index >= 15 is 0 Å². The van der Waals surface area contributed by atoms with Gasteiger partial charge in [-0.2, -0.15) is 5.10 Å². The molecule has 2 aromatic carbocycles. The second-order valence-electron chi connectivity index (χ2n) is 7.31. The first-order valence-electron chi connectivity index (χ1n) is 9.87. The van der Waals surface area contributed by atoms with E-state index in [4.69, 9.17) is 19.3 Å². The number of hydrogen-bond donors (Lipinski definition) is 3. The number of nitrogens with zero attached hydrogens (tertiary/aromatic N) is 1. The molecular weight excluding hydrogens is 464 g/mol. The lowest BCUT2D eigenvalue weighted by Crippen LogP contribution is -2.25. The van der Waals surface area contributed by atoms with Crippen LogP contribution in [0.4, 0.5) is 10.5 Å². The summed E-state index contributed by atoms with van der Waals surface area (Å²) in [6, 6.07) is 8.22. The predicted molar refractivity (Wildman–Crippen MR) is 126 cm³/mol. The van der Waals surface area contributed by atoms with Crippen LogP contribution in [0.3, 0.4) is 0 Å². The first-order valence-corrected chi connectivity index (χ1v) is 11.4. The van der Waals surface area contributed by atoms with E-state index in [2.05, 4.69) is 15.2 Å². The molecule has 0 unspecified atom stereocenters. The molecule has 0 aliphatic heterocycles. The summed E-state index contributed by atoms with van der Waals surface area (Å²) in [7, 11) is -2.91. The van der Waals surface area contributed by atoms with Gasteiger partial charge in [-0.1, -0.05) is 12.1 Å². The molecule has 11 nitrogen and oxygen atoms in total. The maximum atomic E-state index is 13.5. The number of aryl methyl sites for hydroxylation is 1. The maximum Gasteiger partial charge on any atom is 0.332 e. The molecule has 0 atom stereocenters. The van der Waals surface area contributed by atoms with Gasteiger partial charge in [0.25, 0.3) is 10.0 Å². The number of urea groups is 1. The monoisotopic (exact) mass is 484 g/mol. The van der Waals surface area contributed by atoms with Crippen LogP contribution in [0.1, 0.15) is 18.2 Å². The normalized spacial score (nSPS) is 12.1. The molecule has 0 saturated carbocycles. The molecule has 0 fully saturated rings. The van der Waals surface area contributed by atoms with Gasteiger partial charge in [0.15, 0.2) is 21.5 Å². The van der Waals surface area contributed by atoms with Gasteiger partial charge in [-0.05, 0) is 37.6 Å². The number of fused-ring (bicyclic) bond motifs is 2. The minimum Gasteiger partial charge on any atom is -0.495 e. The Morgan fingerprint density at radius 3 is 2.50 bits per heavy atom. The van der Waals surface area contributed by atoms with E-state index in [0.29, 0.717) is 16.7 Å². The maximum absolute atomic E-state index is 13.5. The fraction of sp³-hybridized carbons (Fsp3) is 0.136. The lowest BCUT2D eigenvalue weighted by atomic mass is 10.1. The number of carbonyl (C=O) groups is 1. The zero-order valence-electron chi connectivity index (χ0n) is 18.3. The number of sulfonamides is 1. The summed E-state index contributed by atoms with van der Waals surface area (Å²) in [4.78, 5) is 23.2. The number of benzene rings is 2. The van der Waals surface area contributed by atoms with Crippen molar-refractivity contribution in [1.29, 1.82) is 0 Å². The summed E-state index contributed by atoms with van der Waals surface area (Å²) in [5, 5.41) is 4.14. The first-order chi connectivity index (χ1) is 16.1. The van der Waals surface area contributed by atoms with Crippen molar-refractivity contribution in [2.24, 2.45) is 10.8 Å². The van der Waals surface area contributed by atoms with E-state index in [9.17, 15) is 18.0 Å². The lowest BCUT2D eigenvalue weighted by Gasteiger charge is -2.13. The second-order valence-corrected chi connectivity index (χ2v) is 8.93. The van der Waals surface area contributed by atoms with Gasteiger partial charge < -0.3 is 19.3 Å². The standard InChI is InChI=1S/C22H20N4O7S/c1-11-10-16(27)17-18(31-3)15-8-9-32-19(15)21(20(17)33-11)34(29,30)26-14-6-4-13(5-7-14)12(2)24-25-22(23)28/h4-10,26H,1-3H3,(H3,23,25,28)/b24-12+. The molecule has 4 aromatic rings. The van der Waals surface area contributed by atoms with Crippen molar-refractivity contribution in [2.75, 3.05) is 11.8 Å². The number of carbonyl (C=O) groups excluding carboxylic acids is 1. The zero-order valence-corrected chi connectivity index (χ0v) is 19.1. The number of rotatable bonds is 6. The number of amides is 2. The van der Waals surface area contributed by atoms with Crippen LogP contribution >= 0.6 is 0 Å². The Bertz CT molecular complexity index is 1620. The van der Waals surface area contributed by atoms with E-state index in [1.54, 1.807) is 26.0 Å². The summed E-state index contributed by atoms with van der Waals surface area (Å²) in [6.07, 6.45) is 1.31. The van der Waals surface area contributed by atoms with Crippen molar-refractivity contribution in [3.05, 3.63) is 64.2 Å². The Morgan fingerprint density at radius 1 is 1.15 bits per heavy atom. The molecule has 0 spiro atoms. The summed E-state index contributed by atoms with van der Waals surface area (Å²) in [5.41, 5.74) is 7.82. The van der Waals surface area contributed by atoms with E-state index in [-0.39, 0.29) is 38.6 Å². The van der Waals surface area contributed by atoms with Crippen LogP contribution in [0.2, 0.25) is 0 Å². The molecule has 2 heterocycles. The lowest BCUT2D eigenvalue weighted by molar-refractivity contribution is 0.249. The number of furan rings is 1. The summed E-state index contributed by atoms with van der Waals surface area (Å²) in [6.45, 7) is 3.19. The summed E-state index contributed by atoms with van der Waals surface area (Å²) < 4.78 is 46.0. The van der Waals surface area contributed by atoms with Crippen LogP contribution in [-0.2, 0) is 10.0 Å². The summed E-state index contributed by atoms with van der Waals surface area (Å²) >= 11 is 0. The minimum absolute atomic E-state index is 0.00786. The van der Waals surface area contributed by atoms with Crippen LogP contribution in [-0.4, -0.2) is 27.3 Å². The Morgan fingerprint density at radius 2 is 1.85 bits per heavy atom. The van der Waals surface area contributed by atoms with Crippen LogP contribution in [0.15, 0.2) is 66.3 Å². The Kier molecular flexibility index (Phi) is 5.75. The van der Waals surface area contributed by atoms with Crippen molar-refractivity contribution in [3.63, 3.8) is 0 Å². The van der Waals surface area contributed by atoms with E-state index < -0.39 is 21.5 Å². The SMILES string of the molecule is COc1c2ccoc2c(S(=O)(=O)Nc2ccc(/C(C)=N/NC(N)=O)cc2)c2oc(C)cc(=O)c12. The van der Waals surface area contributed by atoms with Crippen molar-refractivity contribution in [2.45, 2.75) is 18.7 Å². The van der Waals surface area contributed by atoms with Gasteiger partial charge in [-0.15, -0.1) is 0 Å². The van der Waals surface area contributed by atoms with Crippen molar-refractivity contribution < 1.29 is 26.8 Å². The van der Waals surface area contributed by atoms with Gasteiger partial charge in [0, 0.05) is 11.8 Å². The van der Waals surface area contributed by atoms with E-state index in [1.807, 2.05) is 0 Å². The molecule has 12 heteroatoms. The predicted octanol–water partition coefficient (Wildman–Crippen LogP) is 3.05. The number of hydrogen-bond acceptors (Lipinski definition) is 8. The van der Waals surface area contributed by atoms with Gasteiger partial charge in [-0.3, -0.25) is 9.52 Å². The topological polar surface area (TPSA) is 166 Å². The molecule has 0 aliphatic carbocycles. The fourth-order valence-electron chi connectivity index (χ4n) is 3.53. The molecular formula is C22H20N4O7S. The van der Waals surface area contributed by atoms with Crippen LogP contribution < -0.4 is 26.0 Å². The van der Waals surface area contributed by atoms with E-state index in [1.165, 1.54) is 37.6 Å². The quantitative estimate of drug-likeness (QED) is 0.279. The number of methoxy groups -OCH3 is 1. The number of anilines is 1. The summed E-state index contributed by atoms with van der Waals surface area (Å²) in [5.74, 6) is 0.390. The van der Waals surface area contributed by atoms with Gasteiger partial charge in [0.2, 0.25) is 0 Å². The molecule has 0 radical (unpaired) electrons. The molecule has 4 rings (SSSR count). The van der Waals surface area contributed by atoms with Crippen molar-refractivity contribution in [1.82, 2.24) is 5.43 Å². The van der Waals surface area contributed by atoms with E-state index in [0.717, 1.165) is 0 Å². The number of ether oxygens (including phenoxy) is 1. The largest absolute Gasteiger partial charge is 0.495 e.